The van der Waals surface area contributed by atoms with E-state index in [4.69, 9.17) is 4.74 Å². The normalized spacial score (nSPS) is 14.8. The Bertz CT molecular complexity index is 1130. The second-order valence-electron chi connectivity index (χ2n) is 7.91. The quantitative estimate of drug-likeness (QED) is 0.607. The standard InChI is InChI=1S/C23H23F3N4O4S/c24-18-12-15(21(31)27-28-22(32)20(25)26)1-2-16(18)13-30(23(33)29-6-9-35-10-7-29)17-3-4-19-14(11-17)5-8-34-19/h1-4,11-12,20H,5-10,13H2,(H,27,31)(H,28,32). The van der Waals surface area contributed by atoms with Gasteiger partial charge in [0.25, 0.3) is 5.91 Å². The van der Waals surface area contributed by atoms with E-state index >= 15 is 0 Å². The monoisotopic (exact) mass is 508 g/mol. The maximum absolute atomic E-state index is 15.0. The minimum atomic E-state index is -3.30. The molecule has 186 valence electrons. The van der Waals surface area contributed by atoms with E-state index in [2.05, 4.69) is 0 Å². The molecule has 1 fully saturated rings. The molecule has 2 aliphatic rings. The molecule has 12 heteroatoms. The number of ether oxygens (including phenoxy) is 1. The van der Waals surface area contributed by atoms with Crippen molar-refractivity contribution in [2.75, 3.05) is 36.1 Å². The lowest BCUT2D eigenvalue weighted by Crippen LogP contribution is -2.46. The molecule has 35 heavy (non-hydrogen) atoms. The van der Waals surface area contributed by atoms with E-state index in [0.717, 1.165) is 28.9 Å². The van der Waals surface area contributed by atoms with Gasteiger partial charge in [0.1, 0.15) is 11.6 Å². The molecule has 0 saturated carbocycles. The molecule has 2 aliphatic heterocycles. The van der Waals surface area contributed by atoms with Gasteiger partial charge in [-0.25, -0.2) is 9.18 Å². The number of nitrogens with one attached hydrogen (secondary N) is 2. The van der Waals surface area contributed by atoms with Crippen LogP contribution in [-0.4, -0.2) is 60.4 Å². The van der Waals surface area contributed by atoms with E-state index < -0.39 is 24.1 Å². The van der Waals surface area contributed by atoms with Crippen LogP contribution in [0.5, 0.6) is 5.75 Å². The maximum Gasteiger partial charge on any atom is 0.324 e. The van der Waals surface area contributed by atoms with Gasteiger partial charge in [-0.2, -0.15) is 20.5 Å². The third-order valence-corrected chi connectivity index (χ3v) is 6.58. The predicted molar refractivity (Wildman–Crippen MR) is 124 cm³/mol. The fraction of sp³-hybridized carbons (Fsp3) is 0.348. The highest BCUT2D eigenvalue weighted by Gasteiger charge is 2.27. The minimum absolute atomic E-state index is 0.0853. The Hall–Kier alpha value is -3.41. The summed E-state index contributed by atoms with van der Waals surface area (Å²) in [4.78, 5) is 39.6. The summed E-state index contributed by atoms with van der Waals surface area (Å²) in [6.45, 7) is 1.64. The van der Waals surface area contributed by atoms with Crippen molar-refractivity contribution in [3.8, 4) is 5.75 Å². The molecule has 8 nitrogen and oxygen atoms in total. The average molecular weight is 509 g/mol. The highest BCUT2D eigenvalue weighted by atomic mass is 32.2. The smallest absolute Gasteiger partial charge is 0.324 e. The van der Waals surface area contributed by atoms with Gasteiger partial charge >= 0.3 is 18.4 Å². The first kappa shape index (κ1) is 24.7. The van der Waals surface area contributed by atoms with E-state index in [1.54, 1.807) is 34.2 Å². The van der Waals surface area contributed by atoms with Crippen molar-refractivity contribution in [2.24, 2.45) is 0 Å². The van der Waals surface area contributed by atoms with Crippen LogP contribution in [0.4, 0.5) is 23.7 Å². The molecule has 0 aromatic heterocycles. The van der Waals surface area contributed by atoms with E-state index in [9.17, 15) is 27.6 Å². The summed E-state index contributed by atoms with van der Waals surface area (Å²) in [6.07, 6.45) is -2.59. The van der Waals surface area contributed by atoms with Gasteiger partial charge < -0.3 is 9.64 Å². The van der Waals surface area contributed by atoms with Crippen LogP contribution in [0.1, 0.15) is 21.5 Å². The molecular formula is C23H23F3N4O4S. The van der Waals surface area contributed by atoms with Gasteiger partial charge in [-0.1, -0.05) is 6.07 Å². The van der Waals surface area contributed by atoms with Crippen LogP contribution < -0.4 is 20.5 Å². The van der Waals surface area contributed by atoms with Crippen molar-refractivity contribution < 1.29 is 32.3 Å². The first-order valence-corrected chi connectivity index (χ1v) is 12.1. The van der Waals surface area contributed by atoms with Crippen LogP contribution in [0.3, 0.4) is 0 Å². The number of halogens is 3. The molecule has 0 radical (unpaired) electrons. The van der Waals surface area contributed by atoms with E-state index in [-0.39, 0.29) is 23.7 Å². The van der Waals surface area contributed by atoms with Gasteiger partial charge in [0.05, 0.1) is 13.2 Å². The average Bonchev–Trinajstić information content (AvgIpc) is 3.34. The molecule has 4 amide bonds. The molecule has 2 N–H and O–H groups in total. The number of alkyl halides is 2. The third kappa shape index (κ3) is 5.81. The summed E-state index contributed by atoms with van der Waals surface area (Å²) >= 11 is 1.76. The number of anilines is 1. The first-order chi connectivity index (χ1) is 16.8. The summed E-state index contributed by atoms with van der Waals surface area (Å²) in [5.41, 5.74) is 4.92. The lowest BCUT2D eigenvalue weighted by molar-refractivity contribution is -0.132. The van der Waals surface area contributed by atoms with Crippen molar-refractivity contribution in [1.82, 2.24) is 15.8 Å². The summed E-state index contributed by atoms with van der Waals surface area (Å²) in [5, 5.41) is 0. The Morgan fingerprint density at radius 1 is 1.09 bits per heavy atom. The number of hydrogen-bond acceptors (Lipinski definition) is 5. The number of carbonyl (C=O) groups is 3. The predicted octanol–water partition coefficient (Wildman–Crippen LogP) is 2.96. The lowest BCUT2D eigenvalue weighted by Gasteiger charge is -2.33. The molecule has 2 aromatic rings. The number of thioether (sulfide) groups is 1. The van der Waals surface area contributed by atoms with Crippen molar-refractivity contribution in [3.05, 3.63) is 58.9 Å². The lowest BCUT2D eigenvalue weighted by atomic mass is 10.1. The van der Waals surface area contributed by atoms with Gasteiger partial charge in [-0.15, -0.1) is 0 Å². The zero-order chi connectivity index (χ0) is 24.9. The number of hydrazine groups is 1. The Labute approximate surface area is 203 Å². The van der Waals surface area contributed by atoms with Gasteiger partial charge in [0.15, 0.2) is 0 Å². The molecule has 0 atom stereocenters. The first-order valence-electron chi connectivity index (χ1n) is 10.9. The zero-order valence-corrected chi connectivity index (χ0v) is 19.4. The number of carbonyl (C=O) groups excluding carboxylic acids is 3. The minimum Gasteiger partial charge on any atom is -0.493 e. The Morgan fingerprint density at radius 3 is 2.57 bits per heavy atom. The summed E-state index contributed by atoms with van der Waals surface area (Å²) in [5.74, 6) is -0.997. The molecule has 0 aliphatic carbocycles. The number of nitrogens with zero attached hydrogens (tertiary/aromatic N) is 2. The fourth-order valence-corrected chi connectivity index (χ4v) is 4.67. The van der Waals surface area contributed by atoms with Crippen LogP contribution in [0.25, 0.3) is 0 Å². The van der Waals surface area contributed by atoms with Gasteiger partial charge in [-0.3, -0.25) is 25.3 Å². The SMILES string of the molecule is O=C(NNC(=O)C(F)F)c1ccc(CN(C(=O)N2CCSCC2)c2ccc3c(c2)CCO3)c(F)c1. The topological polar surface area (TPSA) is 91.0 Å². The second kappa shape index (κ2) is 10.9. The third-order valence-electron chi connectivity index (χ3n) is 5.64. The highest BCUT2D eigenvalue weighted by Crippen LogP contribution is 2.31. The van der Waals surface area contributed by atoms with Crippen molar-refractivity contribution in [1.29, 1.82) is 0 Å². The number of fused-ring (bicyclic) bond motifs is 1. The Balaban J connectivity index is 1.55. The fourth-order valence-electron chi connectivity index (χ4n) is 3.77. The van der Waals surface area contributed by atoms with Crippen molar-refractivity contribution in [2.45, 2.75) is 19.4 Å². The molecule has 0 spiro atoms. The van der Waals surface area contributed by atoms with E-state index in [1.807, 2.05) is 11.5 Å². The Kier molecular flexibility index (Phi) is 7.69. The van der Waals surface area contributed by atoms with Gasteiger partial charge in [0.2, 0.25) is 0 Å². The van der Waals surface area contributed by atoms with Crippen molar-refractivity contribution >= 4 is 35.3 Å². The van der Waals surface area contributed by atoms with Crippen LogP contribution in [0.2, 0.25) is 0 Å². The molecule has 1 saturated heterocycles. The number of benzene rings is 2. The van der Waals surface area contributed by atoms with E-state index in [0.29, 0.717) is 31.8 Å². The molecule has 4 rings (SSSR count). The summed E-state index contributed by atoms with van der Waals surface area (Å²) in [6, 6.07) is 8.73. The highest BCUT2D eigenvalue weighted by molar-refractivity contribution is 7.99. The summed E-state index contributed by atoms with van der Waals surface area (Å²) in [7, 11) is 0. The molecule has 2 aromatic carbocycles. The number of rotatable bonds is 5. The van der Waals surface area contributed by atoms with Gasteiger partial charge in [0, 0.05) is 47.8 Å². The van der Waals surface area contributed by atoms with Crippen molar-refractivity contribution in [3.63, 3.8) is 0 Å². The second-order valence-corrected chi connectivity index (χ2v) is 9.13. The number of amides is 4. The zero-order valence-electron chi connectivity index (χ0n) is 18.6. The Morgan fingerprint density at radius 2 is 1.86 bits per heavy atom. The van der Waals surface area contributed by atoms with E-state index in [1.165, 1.54) is 17.0 Å². The number of urea groups is 1. The molecule has 0 bridgehead atoms. The van der Waals surface area contributed by atoms with Gasteiger partial charge in [-0.05, 0) is 35.9 Å². The van der Waals surface area contributed by atoms with Crippen LogP contribution in [-0.2, 0) is 17.8 Å². The molecule has 2 heterocycles. The largest absolute Gasteiger partial charge is 0.493 e. The molecule has 0 unspecified atom stereocenters. The van der Waals surface area contributed by atoms with Crippen LogP contribution in [0, 0.1) is 5.82 Å². The summed E-state index contributed by atoms with van der Waals surface area (Å²) < 4.78 is 45.1. The van der Waals surface area contributed by atoms with Crippen LogP contribution >= 0.6 is 11.8 Å². The maximum atomic E-state index is 15.0. The van der Waals surface area contributed by atoms with Crippen LogP contribution in [0.15, 0.2) is 36.4 Å². The molecular weight excluding hydrogens is 485 g/mol. The number of hydrogen-bond donors (Lipinski definition) is 2.